The molecule has 0 bridgehead atoms. The number of rotatable bonds is 3. The van der Waals surface area contributed by atoms with E-state index in [0.717, 1.165) is 16.3 Å². The first kappa shape index (κ1) is 13.5. The number of halogens is 1. The number of nitrogens with one attached hydrogen (secondary N) is 1. The van der Waals surface area contributed by atoms with E-state index < -0.39 is 0 Å². The van der Waals surface area contributed by atoms with E-state index in [0.29, 0.717) is 12.0 Å². The molecule has 3 unspecified atom stereocenters. The van der Waals surface area contributed by atoms with Crippen LogP contribution in [0.4, 0.5) is 0 Å². The Kier molecular flexibility index (Phi) is 4.64. The van der Waals surface area contributed by atoms with Gasteiger partial charge in [-0.25, -0.2) is 0 Å². The van der Waals surface area contributed by atoms with Crippen molar-refractivity contribution in [1.82, 2.24) is 5.43 Å². The molecule has 1 aromatic heterocycles. The number of hydrazine groups is 1. The summed E-state index contributed by atoms with van der Waals surface area (Å²) in [4.78, 5) is 1.35. The summed E-state index contributed by atoms with van der Waals surface area (Å²) < 4.78 is 1.16. The standard InChI is InChI=1S/C13H21BrN2S/c1-8-3-9(2)5-10(4-8)13(16-15)12-6-11(14)7-17-12/h6-10,13,16H,3-5,15H2,1-2H3. The molecule has 1 saturated carbocycles. The minimum absolute atomic E-state index is 0.316. The van der Waals surface area contributed by atoms with Crippen LogP contribution in [-0.4, -0.2) is 0 Å². The molecule has 1 fully saturated rings. The summed E-state index contributed by atoms with van der Waals surface area (Å²) in [6.45, 7) is 4.72. The molecule has 4 heteroatoms. The highest BCUT2D eigenvalue weighted by Crippen LogP contribution is 2.41. The highest BCUT2D eigenvalue weighted by atomic mass is 79.9. The van der Waals surface area contributed by atoms with Crippen LogP contribution in [0, 0.1) is 17.8 Å². The van der Waals surface area contributed by atoms with Crippen LogP contribution in [0.1, 0.15) is 44.0 Å². The second-order valence-electron chi connectivity index (χ2n) is 5.49. The molecule has 0 saturated heterocycles. The largest absolute Gasteiger partial charge is 0.271 e. The lowest BCUT2D eigenvalue weighted by atomic mass is 9.73. The SMILES string of the molecule is CC1CC(C)CC(C(NN)c2cc(Br)cs2)C1. The van der Waals surface area contributed by atoms with Crippen LogP contribution in [0.25, 0.3) is 0 Å². The zero-order valence-electron chi connectivity index (χ0n) is 10.4. The van der Waals surface area contributed by atoms with E-state index in [1.807, 2.05) is 0 Å². The van der Waals surface area contributed by atoms with Gasteiger partial charge in [-0.3, -0.25) is 11.3 Å². The predicted octanol–water partition coefficient (Wildman–Crippen LogP) is 4.09. The van der Waals surface area contributed by atoms with E-state index in [4.69, 9.17) is 5.84 Å². The summed E-state index contributed by atoms with van der Waals surface area (Å²) in [6, 6.07) is 2.51. The number of thiophene rings is 1. The number of nitrogens with two attached hydrogens (primary N) is 1. The van der Waals surface area contributed by atoms with Gasteiger partial charge in [-0.2, -0.15) is 0 Å². The third kappa shape index (κ3) is 3.31. The first-order valence-electron chi connectivity index (χ1n) is 6.30. The quantitative estimate of drug-likeness (QED) is 0.651. The van der Waals surface area contributed by atoms with Gasteiger partial charge in [0.2, 0.25) is 0 Å². The van der Waals surface area contributed by atoms with E-state index >= 15 is 0 Å². The van der Waals surface area contributed by atoms with Crippen molar-refractivity contribution in [1.29, 1.82) is 0 Å². The minimum Gasteiger partial charge on any atom is -0.271 e. The Morgan fingerprint density at radius 1 is 1.35 bits per heavy atom. The van der Waals surface area contributed by atoms with Crippen LogP contribution in [0.15, 0.2) is 15.9 Å². The lowest BCUT2D eigenvalue weighted by Gasteiger charge is -2.35. The molecule has 2 rings (SSSR count). The lowest BCUT2D eigenvalue weighted by Crippen LogP contribution is -2.36. The van der Waals surface area contributed by atoms with Gasteiger partial charge < -0.3 is 0 Å². The van der Waals surface area contributed by atoms with Crippen molar-refractivity contribution < 1.29 is 0 Å². The van der Waals surface area contributed by atoms with E-state index in [2.05, 4.69) is 46.6 Å². The number of hydrogen-bond acceptors (Lipinski definition) is 3. The van der Waals surface area contributed by atoms with Gasteiger partial charge in [0.15, 0.2) is 0 Å². The molecule has 17 heavy (non-hydrogen) atoms. The third-order valence-corrected chi connectivity index (χ3v) is 5.54. The summed E-state index contributed by atoms with van der Waals surface area (Å²) in [6.07, 6.45) is 3.94. The molecule has 1 aliphatic rings. The lowest BCUT2D eigenvalue weighted by molar-refractivity contribution is 0.178. The minimum atomic E-state index is 0.316. The third-order valence-electron chi connectivity index (χ3n) is 3.76. The van der Waals surface area contributed by atoms with Crippen LogP contribution < -0.4 is 11.3 Å². The topological polar surface area (TPSA) is 38.0 Å². The Morgan fingerprint density at radius 3 is 2.47 bits per heavy atom. The molecular weight excluding hydrogens is 296 g/mol. The van der Waals surface area contributed by atoms with Crippen LogP contribution in [-0.2, 0) is 0 Å². The van der Waals surface area contributed by atoms with Crippen molar-refractivity contribution in [3.05, 3.63) is 20.8 Å². The van der Waals surface area contributed by atoms with E-state index in [1.165, 1.54) is 24.1 Å². The molecule has 2 nitrogen and oxygen atoms in total. The van der Waals surface area contributed by atoms with Crippen molar-refractivity contribution in [2.75, 3.05) is 0 Å². The fourth-order valence-corrected chi connectivity index (χ4v) is 4.82. The molecule has 0 amide bonds. The molecule has 0 aliphatic heterocycles. The Balaban J connectivity index is 2.12. The smallest absolute Gasteiger partial charge is 0.0582 e. The molecular formula is C13H21BrN2S. The molecule has 0 spiro atoms. The second kappa shape index (κ2) is 5.83. The molecule has 96 valence electrons. The Hall–Kier alpha value is 0.1000. The molecule has 0 aromatic carbocycles. The summed E-state index contributed by atoms with van der Waals surface area (Å²) in [7, 11) is 0. The van der Waals surface area contributed by atoms with E-state index in [-0.39, 0.29) is 0 Å². The fourth-order valence-electron chi connectivity index (χ4n) is 3.22. The predicted molar refractivity (Wildman–Crippen MR) is 77.8 cm³/mol. The Morgan fingerprint density at radius 2 is 2.00 bits per heavy atom. The maximum absolute atomic E-state index is 5.78. The van der Waals surface area contributed by atoms with Gasteiger partial charge in [0.25, 0.3) is 0 Å². The van der Waals surface area contributed by atoms with Crippen LogP contribution >= 0.6 is 27.3 Å². The molecule has 0 radical (unpaired) electrons. The molecule has 3 atom stereocenters. The molecule has 3 N–H and O–H groups in total. The second-order valence-corrected chi connectivity index (χ2v) is 7.35. The zero-order valence-corrected chi connectivity index (χ0v) is 12.9. The number of hydrogen-bond donors (Lipinski definition) is 2. The normalized spacial score (nSPS) is 31.4. The molecule has 1 heterocycles. The average Bonchev–Trinajstić information content (AvgIpc) is 2.64. The van der Waals surface area contributed by atoms with Crippen LogP contribution in [0.3, 0.4) is 0 Å². The van der Waals surface area contributed by atoms with Crippen molar-refractivity contribution in [3.63, 3.8) is 0 Å². The van der Waals surface area contributed by atoms with Gasteiger partial charge in [0, 0.05) is 14.7 Å². The summed E-state index contributed by atoms with van der Waals surface area (Å²) in [5, 5.41) is 2.13. The Labute approximate surface area is 116 Å². The summed E-state index contributed by atoms with van der Waals surface area (Å²) in [5.41, 5.74) is 3.03. The van der Waals surface area contributed by atoms with Crippen molar-refractivity contribution >= 4 is 27.3 Å². The van der Waals surface area contributed by atoms with Gasteiger partial charge in [-0.15, -0.1) is 11.3 Å². The average molecular weight is 317 g/mol. The first-order chi connectivity index (χ1) is 8.10. The van der Waals surface area contributed by atoms with Crippen molar-refractivity contribution in [3.8, 4) is 0 Å². The molecule has 1 aliphatic carbocycles. The maximum Gasteiger partial charge on any atom is 0.0582 e. The highest BCUT2D eigenvalue weighted by Gasteiger charge is 2.31. The van der Waals surface area contributed by atoms with Gasteiger partial charge in [0.1, 0.15) is 0 Å². The maximum atomic E-state index is 5.78. The van der Waals surface area contributed by atoms with Gasteiger partial charge >= 0.3 is 0 Å². The van der Waals surface area contributed by atoms with Gasteiger partial charge in [-0.1, -0.05) is 13.8 Å². The van der Waals surface area contributed by atoms with Crippen molar-refractivity contribution in [2.45, 2.75) is 39.2 Å². The Bertz CT molecular complexity index is 356. The summed E-state index contributed by atoms with van der Waals surface area (Å²) >= 11 is 5.31. The molecule has 1 aromatic rings. The highest BCUT2D eigenvalue weighted by molar-refractivity contribution is 9.10. The van der Waals surface area contributed by atoms with Crippen LogP contribution in [0.5, 0.6) is 0 Å². The van der Waals surface area contributed by atoms with Crippen LogP contribution in [0.2, 0.25) is 0 Å². The monoisotopic (exact) mass is 316 g/mol. The fraction of sp³-hybridized carbons (Fsp3) is 0.692. The van der Waals surface area contributed by atoms with E-state index in [1.54, 1.807) is 11.3 Å². The van der Waals surface area contributed by atoms with Crippen molar-refractivity contribution in [2.24, 2.45) is 23.6 Å². The van der Waals surface area contributed by atoms with Gasteiger partial charge in [0.05, 0.1) is 6.04 Å². The van der Waals surface area contributed by atoms with Gasteiger partial charge in [-0.05, 0) is 59.0 Å². The van der Waals surface area contributed by atoms with E-state index in [9.17, 15) is 0 Å². The summed E-state index contributed by atoms with van der Waals surface area (Å²) in [5.74, 6) is 8.09. The first-order valence-corrected chi connectivity index (χ1v) is 7.97. The zero-order chi connectivity index (χ0) is 12.4.